The average Bonchev–Trinajstić information content (AvgIpc) is 3.26. The Balaban J connectivity index is 0.00000196. The molecule has 0 saturated carbocycles. The number of amides is 2. The molecule has 0 bridgehead atoms. The number of likely N-dealkylation sites (N-methyl/N-ethyl adjacent to an activating group) is 1. The molecule has 1 saturated heterocycles. The minimum atomic E-state index is -0.00105. The van der Waals surface area contributed by atoms with Crippen LogP contribution in [0.2, 0.25) is 0 Å². The van der Waals surface area contributed by atoms with Gasteiger partial charge in [0.25, 0.3) is 0 Å². The molecule has 1 aliphatic carbocycles. The fourth-order valence-electron chi connectivity index (χ4n) is 3.78. The molecule has 26 heavy (non-hydrogen) atoms. The zero-order valence-electron chi connectivity index (χ0n) is 15.0. The van der Waals surface area contributed by atoms with Crippen molar-refractivity contribution in [3.05, 3.63) is 47.7 Å². The molecule has 0 aromatic heterocycles. The maximum absolute atomic E-state index is 13.3. The molecule has 0 unspecified atom stereocenters. The predicted molar refractivity (Wildman–Crippen MR) is 112 cm³/mol. The van der Waals surface area contributed by atoms with Crippen LogP contribution in [0.3, 0.4) is 0 Å². The van der Waals surface area contributed by atoms with Gasteiger partial charge < -0.3 is 10.0 Å². The van der Waals surface area contributed by atoms with Crippen molar-refractivity contribution in [2.75, 3.05) is 31.7 Å². The Morgan fingerprint density at radius 2 is 1.85 bits per heavy atom. The van der Waals surface area contributed by atoms with E-state index in [1.165, 1.54) is 11.3 Å². The van der Waals surface area contributed by atoms with Crippen LogP contribution in [-0.4, -0.2) is 52.8 Å². The molecular formula is C19H25IN4O2. The minimum absolute atomic E-state index is 0. The fourth-order valence-corrected chi connectivity index (χ4v) is 3.78. The highest BCUT2D eigenvalue weighted by Crippen LogP contribution is 2.33. The molecule has 140 valence electrons. The van der Waals surface area contributed by atoms with E-state index >= 15 is 0 Å². The summed E-state index contributed by atoms with van der Waals surface area (Å²) >= 11 is 0. The van der Waals surface area contributed by atoms with Crippen LogP contribution in [0.15, 0.2) is 47.7 Å². The zero-order valence-corrected chi connectivity index (χ0v) is 17.3. The molecule has 3 aliphatic rings. The lowest BCUT2D eigenvalue weighted by Gasteiger charge is -2.39. The van der Waals surface area contributed by atoms with Gasteiger partial charge in [-0.05, 0) is 61.6 Å². The summed E-state index contributed by atoms with van der Waals surface area (Å²) in [4.78, 5) is 15.2. The number of urea groups is 1. The van der Waals surface area contributed by atoms with Gasteiger partial charge in [0.2, 0.25) is 0 Å². The highest BCUT2D eigenvalue weighted by molar-refractivity contribution is 14.0. The molecule has 7 heteroatoms. The van der Waals surface area contributed by atoms with Crippen LogP contribution in [0.25, 0.3) is 0 Å². The van der Waals surface area contributed by atoms with E-state index in [4.69, 9.17) is 0 Å². The van der Waals surface area contributed by atoms with Crippen LogP contribution < -0.4 is 5.01 Å². The van der Waals surface area contributed by atoms with Crippen molar-refractivity contribution < 1.29 is 9.90 Å². The molecule has 1 aromatic rings. The van der Waals surface area contributed by atoms with E-state index in [2.05, 4.69) is 17.2 Å². The zero-order chi connectivity index (χ0) is 17.4. The van der Waals surface area contributed by atoms with E-state index in [9.17, 15) is 9.90 Å². The average molecular weight is 468 g/mol. The van der Waals surface area contributed by atoms with Crippen molar-refractivity contribution in [3.63, 3.8) is 0 Å². The van der Waals surface area contributed by atoms with Gasteiger partial charge in [0, 0.05) is 20.1 Å². The number of aromatic hydroxyl groups is 1. The second-order valence-corrected chi connectivity index (χ2v) is 6.79. The highest BCUT2D eigenvalue weighted by Gasteiger charge is 2.36. The van der Waals surface area contributed by atoms with Crippen molar-refractivity contribution >= 4 is 35.7 Å². The number of hydrogen-bond acceptors (Lipinski definition) is 4. The monoisotopic (exact) mass is 468 g/mol. The number of allylic oxidation sites excluding steroid dienone is 2. The number of likely N-dealkylation sites (tertiary alicyclic amines) is 1. The first-order valence-electron chi connectivity index (χ1n) is 8.93. The van der Waals surface area contributed by atoms with E-state index in [1.54, 1.807) is 29.3 Å². The normalized spacial score (nSPS) is 19.6. The van der Waals surface area contributed by atoms with Gasteiger partial charge in [-0.1, -0.05) is 6.08 Å². The largest absolute Gasteiger partial charge is 0.508 e. The van der Waals surface area contributed by atoms with Crippen LogP contribution in [0.5, 0.6) is 5.75 Å². The van der Waals surface area contributed by atoms with Gasteiger partial charge in [0.05, 0.1) is 17.9 Å². The molecule has 1 fully saturated rings. The molecule has 0 atom stereocenters. The van der Waals surface area contributed by atoms with Gasteiger partial charge in [0.15, 0.2) is 0 Å². The topological polar surface area (TPSA) is 50.3 Å². The summed E-state index contributed by atoms with van der Waals surface area (Å²) in [5.41, 5.74) is 3.32. The number of anilines is 1. The van der Waals surface area contributed by atoms with Crippen molar-refractivity contribution in [2.45, 2.75) is 25.7 Å². The number of hydrazine groups is 2. The lowest BCUT2D eigenvalue weighted by molar-refractivity contribution is 0.0586. The van der Waals surface area contributed by atoms with Gasteiger partial charge in [-0.15, -0.1) is 29.1 Å². The second kappa shape index (κ2) is 7.87. The van der Waals surface area contributed by atoms with Crippen molar-refractivity contribution in [2.24, 2.45) is 0 Å². The fraction of sp³-hybridized carbons (Fsp3) is 0.421. The van der Waals surface area contributed by atoms with E-state index in [0.29, 0.717) is 0 Å². The summed E-state index contributed by atoms with van der Waals surface area (Å²) in [6, 6.07) is 6.85. The number of phenolic OH excluding ortho intramolecular Hbond substituents is 1. The van der Waals surface area contributed by atoms with Gasteiger partial charge in [0.1, 0.15) is 5.75 Å². The van der Waals surface area contributed by atoms with Gasteiger partial charge >= 0.3 is 6.03 Å². The predicted octanol–water partition coefficient (Wildman–Crippen LogP) is 3.71. The van der Waals surface area contributed by atoms with Gasteiger partial charge in [-0.25, -0.2) is 9.80 Å². The molecule has 2 aliphatic heterocycles. The molecule has 0 radical (unpaired) electrons. The third kappa shape index (κ3) is 3.42. The summed E-state index contributed by atoms with van der Waals surface area (Å²) in [6.07, 6.45) is 8.54. The number of nitrogens with zero attached hydrogens (tertiary/aromatic N) is 4. The van der Waals surface area contributed by atoms with Crippen LogP contribution in [0, 0.1) is 0 Å². The number of halogens is 1. The molecular weight excluding hydrogens is 443 g/mol. The standard InChI is InChI=1S/C19H24N4O2.HI/c1-20-18-7-3-2-6-15(18)14-22(20)23(16-8-10-17(24)11-9-16)19(25)21-12-4-5-13-21;/h3,7-11,24H,2,4-6,12-14H2,1H3;1H. The maximum atomic E-state index is 13.3. The summed E-state index contributed by atoms with van der Waals surface area (Å²) in [5.74, 6) is 0.201. The Labute approximate surface area is 171 Å². The van der Waals surface area contributed by atoms with Crippen LogP contribution in [-0.2, 0) is 0 Å². The number of phenols is 1. The van der Waals surface area contributed by atoms with Crippen LogP contribution in [0.1, 0.15) is 25.7 Å². The van der Waals surface area contributed by atoms with E-state index < -0.39 is 0 Å². The quantitative estimate of drug-likeness (QED) is 0.673. The molecule has 0 spiro atoms. The third-order valence-corrected chi connectivity index (χ3v) is 5.16. The summed E-state index contributed by atoms with van der Waals surface area (Å²) in [5, 5.41) is 15.4. The van der Waals surface area contributed by atoms with Gasteiger partial charge in [-0.2, -0.15) is 0 Å². The second-order valence-electron chi connectivity index (χ2n) is 6.79. The minimum Gasteiger partial charge on any atom is -0.508 e. The molecule has 4 rings (SSSR count). The molecule has 2 amide bonds. The first-order valence-corrected chi connectivity index (χ1v) is 8.93. The van der Waals surface area contributed by atoms with Crippen molar-refractivity contribution in [3.8, 4) is 5.75 Å². The number of carbonyl (C=O) groups excluding carboxylic acids is 1. The summed E-state index contributed by atoms with van der Waals surface area (Å²) in [6.45, 7) is 2.33. The Morgan fingerprint density at radius 3 is 2.50 bits per heavy atom. The lowest BCUT2D eigenvalue weighted by Crippen LogP contribution is -2.55. The smallest absolute Gasteiger partial charge is 0.340 e. The Kier molecular flexibility index (Phi) is 5.76. The summed E-state index contributed by atoms with van der Waals surface area (Å²) in [7, 11) is 2.00. The molecule has 6 nitrogen and oxygen atoms in total. The van der Waals surface area contributed by atoms with E-state index in [-0.39, 0.29) is 35.8 Å². The number of benzene rings is 1. The van der Waals surface area contributed by atoms with Crippen molar-refractivity contribution in [1.82, 2.24) is 15.0 Å². The molecule has 1 aromatic carbocycles. The van der Waals surface area contributed by atoms with Crippen LogP contribution in [0.4, 0.5) is 10.5 Å². The SMILES string of the molecule is CN1C2=C(CCC=C2)CN1N(C(=O)N1CCCC1)c1ccc(O)cc1.I. The third-order valence-electron chi connectivity index (χ3n) is 5.16. The number of hydrogen-bond donors (Lipinski definition) is 1. The van der Waals surface area contributed by atoms with Crippen LogP contribution >= 0.6 is 24.0 Å². The van der Waals surface area contributed by atoms with E-state index in [1.807, 2.05) is 17.1 Å². The first kappa shape index (κ1) is 19.0. The highest BCUT2D eigenvalue weighted by atomic mass is 127. The first-order chi connectivity index (χ1) is 12.1. The Hall–Kier alpha value is -1.74. The molecule has 2 heterocycles. The maximum Gasteiger partial charge on any atom is 0.340 e. The van der Waals surface area contributed by atoms with E-state index in [0.717, 1.165) is 51.0 Å². The van der Waals surface area contributed by atoms with Crippen molar-refractivity contribution in [1.29, 1.82) is 0 Å². The Morgan fingerprint density at radius 1 is 1.15 bits per heavy atom. The molecule has 1 N–H and O–H groups in total. The summed E-state index contributed by atoms with van der Waals surface area (Å²) < 4.78 is 0. The Bertz CT molecular complexity index is 726. The lowest BCUT2D eigenvalue weighted by atomic mass is 10.0. The number of carbonyl (C=O) groups is 1. The number of rotatable bonds is 2. The van der Waals surface area contributed by atoms with Gasteiger partial charge in [-0.3, -0.25) is 5.01 Å².